The number of esters is 1. The number of fused-ring (bicyclic) bond motifs is 1. The van der Waals surface area contributed by atoms with Gasteiger partial charge in [0, 0.05) is 17.1 Å². The molecule has 0 fully saturated rings. The number of anilines is 1. The Morgan fingerprint density at radius 2 is 1.84 bits per heavy atom. The number of rotatable bonds is 8. The number of methoxy groups -OCH3 is 1. The molecule has 2 amide bonds. The maximum Gasteiger partial charge on any atom is 0.322 e. The predicted molar refractivity (Wildman–Crippen MR) is 126 cm³/mol. The summed E-state index contributed by atoms with van der Waals surface area (Å²) in [7, 11) is 1.36. The molecule has 0 saturated carbocycles. The van der Waals surface area contributed by atoms with Gasteiger partial charge in [0.25, 0.3) is 0 Å². The molecule has 0 bridgehead atoms. The first-order valence-corrected chi connectivity index (χ1v) is 11.9. The van der Waals surface area contributed by atoms with E-state index in [-0.39, 0.29) is 18.4 Å². The van der Waals surface area contributed by atoms with Crippen molar-refractivity contribution in [1.29, 1.82) is 0 Å². The van der Waals surface area contributed by atoms with Crippen LogP contribution in [0.25, 0.3) is 0 Å². The molecule has 3 rings (SSSR count). The van der Waals surface area contributed by atoms with E-state index in [1.165, 1.54) is 7.11 Å². The van der Waals surface area contributed by atoms with Crippen molar-refractivity contribution in [3.05, 3.63) is 47.5 Å². The minimum atomic E-state index is -0.468. The summed E-state index contributed by atoms with van der Waals surface area (Å²) >= 11 is 1.61. The van der Waals surface area contributed by atoms with Crippen molar-refractivity contribution in [1.82, 2.24) is 4.90 Å². The van der Waals surface area contributed by atoms with Crippen molar-refractivity contribution in [3.8, 4) is 11.5 Å². The molecule has 1 N–H and O–H groups in total. The molecule has 1 heterocycles. The van der Waals surface area contributed by atoms with Crippen LogP contribution in [-0.2, 0) is 16.0 Å². The molecular formula is C24H30N2O5S. The number of benzene rings is 2. The summed E-state index contributed by atoms with van der Waals surface area (Å²) in [5.74, 6) is 0.909. The first-order chi connectivity index (χ1) is 15.5. The number of amides is 2. The van der Waals surface area contributed by atoms with Gasteiger partial charge in [0.05, 0.1) is 32.8 Å². The van der Waals surface area contributed by atoms with Crippen LogP contribution in [0.5, 0.6) is 11.5 Å². The zero-order valence-corrected chi connectivity index (χ0v) is 19.8. The number of thioether (sulfide) groups is 1. The summed E-state index contributed by atoms with van der Waals surface area (Å²) < 4.78 is 16.5. The van der Waals surface area contributed by atoms with Gasteiger partial charge in [-0.2, -0.15) is 0 Å². The number of carbonyl (C=O) groups is 2. The molecule has 0 aromatic heterocycles. The Bertz CT molecular complexity index is 965. The second-order valence-electron chi connectivity index (χ2n) is 7.27. The Kier molecular flexibility index (Phi) is 8.27. The third kappa shape index (κ3) is 5.48. The Balaban J connectivity index is 1.94. The Morgan fingerprint density at radius 1 is 1.12 bits per heavy atom. The lowest BCUT2D eigenvalue weighted by Gasteiger charge is -2.37. The highest BCUT2D eigenvalue weighted by molar-refractivity contribution is 7.98. The zero-order valence-electron chi connectivity index (χ0n) is 19.0. The highest BCUT2D eigenvalue weighted by Gasteiger charge is 2.34. The SMILES string of the molecule is CCOc1cc2c(cc1OCC)[C@H](CC(=O)OC)N(C(=O)Nc1cccc(SC)c1)CC2. The van der Waals surface area contributed by atoms with Gasteiger partial charge >= 0.3 is 12.0 Å². The fourth-order valence-electron chi connectivity index (χ4n) is 3.85. The minimum Gasteiger partial charge on any atom is -0.490 e. The van der Waals surface area contributed by atoms with Crippen LogP contribution in [0.4, 0.5) is 10.5 Å². The smallest absolute Gasteiger partial charge is 0.322 e. The predicted octanol–water partition coefficient (Wildman–Crippen LogP) is 4.90. The van der Waals surface area contributed by atoms with Crippen molar-refractivity contribution in [3.63, 3.8) is 0 Å². The average molecular weight is 459 g/mol. The topological polar surface area (TPSA) is 77.1 Å². The van der Waals surface area contributed by atoms with Crippen LogP contribution in [-0.4, -0.2) is 50.0 Å². The first kappa shape index (κ1) is 23.8. The molecule has 0 saturated heterocycles. The van der Waals surface area contributed by atoms with Gasteiger partial charge in [-0.1, -0.05) is 6.07 Å². The van der Waals surface area contributed by atoms with E-state index in [9.17, 15) is 9.59 Å². The van der Waals surface area contributed by atoms with Gasteiger partial charge in [0.1, 0.15) is 0 Å². The summed E-state index contributed by atoms with van der Waals surface area (Å²) in [6, 6.07) is 10.8. The van der Waals surface area contributed by atoms with E-state index < -0.39 is 6.04 Å². The lowest BCUT2D eigenvalue weighted by molar-refractivity contribution is -0.141. The number of carbonyl (C=O) groups excluding carboxylic acids is 2. The Morgan fingerprint density at radius 3 is 2.50 bits per heavy atom. The van der Waals surface area contributed by atoms with E-state index in [0.29, 0.717) is 43.4 Å². The largest absolute Gasteiger partial charge is 0.490 e. The summed E-state index contributed by atoms with van der Waals surface area (Å²) in [6.07, 6.45) is 2.69. The molecule has 1 aliphatic heterocycles. The second kappa shape index (κ2) is 11.1. The number of ether oxygens (including phenoxy) is 3. The zero-order chi connectivity index (χ0) is 23.1. The van der Waals surface area contributed by atoms with E-state index in [4.69, 9.17) is 14.2 Å². The number of nitrogens with one attached hydrogen (secondary N) is 1. The normalized spacial score (nSPS) is 15.0. The second-order valence-corrected chi connectivity index (χ2v) is 8.14. The van der Waals surface area contributed by atoms with Crippen LogP contribution in [0, 0.1) is 0 Å². The average Bonchev–Trinajstić information content (AvgIpc) is 2.80. The van der Waals surface area contributed by atoms with Gasteiger partial charge < -0.3 is 24.4 Å². The summed E-state index contributed by atoms with van der Waals surface area (Å²) in [4.78, 5) is 28.2. The van der Waals surface area contributed by atoms with Gasteiger partial charge in [-0.25, -0.2) is 4.79 Å². The third-order valence-electron chi connectivity index (χ3n) is 5.33. The van der Waals surface area contributed by atoms with Crippen LogP contribution in [0.15, 0.2) is 41.3 Å². The summed E-state index contributed by atoms with van der Waals surface area (Å²) in [5, 5.41) is 2.98. The molecular weight excluding hydrogens is 428 g/mol. The molecule has 7 nitrogen and oxygen atoms in total. The van der Waals surface area contributed by atoms with Gasteiger partial charge in [0.15, 0.2) is 11.5 Å². The monoisotopic (exact) mass is 458 g/mol. The van der Waals surface area contributed by atoms with E-state index in [1.54, 1.807) is 16.7 Å². The number of hydrogen-bond acceptors (Lipinski definition) is 6. The van der Waals surface area contributed by atoms with Gasteiger partial charge in [-0.3, -0.25) is 4.79 Å². The summed E-state index contributed by atoms with van der Waals surface area (Å²) in [6.45, 7) is 5.31. The van der Waals surface area contributed by atoms with E-state index in [1.807, 2.05) is 56.5 Å². The van der Waals surface area contributed by atoms with Crippen LogP contribution >= 0.6 is 11.8 Å². The lowest BCUT2D eigenvalue weighted by atomic mass is 9.90. The molecule has 2 aromatic rings. The summed E-state index contributed by atoms with van der Waals surface area (Å²) in [5.41, 5.74) is 2.63. The molecule has 32 heavy (non-hydrogen) atoms. The number of nitrogens with zero attached hydrogens (tertiary/aromatic N) is 1. The van der Waals surface area contributed by atoms with Crippen molar-refractivity contribution >= 4 is 29.4 Å². The quantitative estimate of drug-likeness (QED) is 0.448. The van der Waals surface area contributed by atoms with Crippen molar-refractivity contribution < 1.29 is 23.8 Å². The molecule has 2 aromatic carbocycles. The fraction of sp³-hybridized carbons (Fsp3) is 0.417. The highest BCUT2D eigenvalue weighted by atomic mass is 32.2. The van der Waals surface area contributed by atoms with Crippen LogP contribution in [0.1, 0.15) is 37.4 Å². The van der Waals surface area contributed by atoms with Crippen molar-refractivity contribution in [2.45, 2.75) is 37.6 Å². The Hall–Kier alpha value is -2.87. The molecule has 0 spiro atoms. The molecule has 0 unspecified atom stereocenters. The van der Waals surface area contributed by atoms with E-state index in [0.717, 1.165) is 16.0 Å². The maximum atomic E-state index is 13.2. The first-order valence-electron chi connectivity index (χ1n) is 10.7. The minimum absolute atomic E-state index is 0.0569. The van der Waals surface area contributed by atoms with Gasteiger partial charge in [-0.15, -0.1) is 11.8 Å². The van der Waals surface area contributed by atoms with Crippen LogP contribution in [0.2, 0.25) is 0 Å². The van der Waals surface area contributed by atoms with Crippen molar-refractivity contribution in [2.24, 2.45) is 0 Å². The Labute approximate surface area is 193 Å². The van der Waals surface area contributed by atoms with Crippen molar-refractivity contribution in [2.75, 3.05) is 38.4 Å². The van der Waals surface area contributed by atoms with E-state index >= 15 is 0 Å². The van der Waals surface area contributed by atoms with Gasteiger partial charge in [-0.05, 0) is 68.0 Å². The maximum absolute atomic E-state index is 13.2. The lowest BCUT2D eigenvalue weighted by Crippen LogP contribution is -2.43. The molecule has 0 aliphatic carbocycles. The third-order valence-corrected chi connectivity index (χ3v) is 6.06. The highest BCUT2D eigenvalue weighted by Crippen LogP contribution is 2.40. The van der Waals surface area contributed by atoms with Crippen LogP contribution < -0.4 is 14.8 Å². The van der Waals surface area contributed by atoms with Gasteiger partial charge in [0.2, 0.25) is 0 Å². The molecule has 172 valence electrons. The molecule has 0 radical (unpaired) electrons. The standard InChI is InChI=1S/C24H30N2O5S/c1-5-30-21-12-16-10-11-26(24(28)25-17-8-7-9-18(13-17)32-4)20(15-23(27)29-3)19(16)14-22(21)31-6-2/h7-9,12-14,20H,5-6,10-11,15H2,1-4H3,(H,25,28)/t20-/m0/s1. The molecule has 8 heteroatoms. The number of hydrogen-bond donors (Lipinski definition) is 1. The van der Waals surface area contributed by atoms with E-state index in [2.05, 4.69) is 5.32 Å². The molecule has 1 atom stereocenters. The van der Waals surface area contributed by atoms with Crippen LogP contribution in [0.3, 0.4) is 0 Å². The fourth-order valence-corrected chi connectivity index (χ4v) is 4.31. The number of urea groups is 1. The molecule has 1 aliphatic rings.